The number of aromatic nitrogens is 2. The standard InChI is InChI=1S/C9H10N4O/c1-6-2-3-8-11-4-7(9(14)12-10)13(8)5-6/h2-5H,10H2,1H3,(H,12,14). The molecule has 0 saturated carbocycles. The normalized spacial score (nSPS) is 10.4. The van der Waals surface area contributed by atoms with Crippen molar-refractivity contribution in [3.05, 3.63) is 35.8 Å². The molecule has 2 heterocycles. The quantitative estimate of drug-likeness (QED) is 0.384. The molecule has 0 radical (unpaired) electrons. The van der Waals surface area contributed by atoms with Gasteiger partial charge in [0.05, 0.1) is 6.20 Å². The van der Waals surface area contributed by atoms with Crippen molar-refractivity contribution in [3.63, 3.8) is 0 Å². The molecule has 0 spiro atoms. The molecular weight excluding hydrogens is 180 g/mol. The summed E-state index contributed by atoms with van der Waals surface area (Å²) >= 11 is 0. The van der Waals surface area contributed by atoms with Crippen molar-refractivity contribution in [2.45, 2.75) is 6.92 Å². The molecule has 72 valence electrons. The van der Waals surface area contributed by atoms with E-state index >= 15 is 0 Å². The van der Waals surface area contributed by atoms with Gasteiger partial charge in [0.15, 0.2) is 0 Å². The number of imidazole rings is 1. The Hall–Kier alpha value is -1.88. The lowest BCUT2D eigenvalue weighted by Crippen LogP contribution is -2.30. The number of hydrogen-bond acceptors (Lipinski definition) is 3. The van der Waals surface area contributed by atoms with Gasteiger partial charge < -0.3 is 0 Å². The highest BCUT2D eigenvalue weighted by Gasteiger charge is 2.09. The van der Waals surface area contributed by atoms with Crippen LogP contribution in [0.15, 0.2) is 24.5 Å². The minimum Gasteiger partial charge on any atom is -0.295 e. The van der Waals surface area contributed by atoms with Crippen molar-refractivity contribution in [1.29, 1.82) is 0 Å². The van der Waals surface area contributed by atoms with Gasteiger partial charge in [-0.2, -0.15) is 0 Å². The summed E-state index contributed by atoms with van der Waals surface area (Å²) in [6.07, 6.45) is 3.34. The molecule has 2 aromatic rings. The zero-order valence-electron chi connectivity index (χ0n) is 7.69. The highest BCUT2D eigenvalue weighted by molar-refractivity contribution is 5.92. The van der Waals surface area contributed by atoms with E-state index in [1.165, 1.54) is 6.20 Å². The van der Waals surface area contributed by atoms with Gasteiger partial charge in [0.2, 0.25) is 0 Å². The van der Waals surface area contributed by atoms with E-state index in [4.69, 9.17) is 5.84 Å². The summed E-state index contributed by atoms with van der Waals surface area (Å²) < 4.78 is 1.71. The molecule has 0 bridgehead atoms. The topological polar surface area (TPSA) is 72.4 Å². The number of nitrogen functional groups attached to an aromatic ring is 1. The van der Waals surface area contributed by atoms with Crippen molar-refractivity contribution in [2.75, 3.05) is 0 Å². The highest BCUT2D eigenvalue weighted by atomic mass is 16.2. The van der Waals surface area contributed by atoms with Gasteiger partial charge >= 0.3 is 0 Å². The first kappa shape index (κ1) is 8.71. The summed E-state index contributed by atoms with van der Waals surface area (Å²) in [7, 11) is 0. The van der Waals surface area contributed by atoms with Crippen LogP contribution in [0.4, 0.5) is 0 Å². The van der Waals surface area contributed by atoms with Crippen LogP contribution >= 0.6 is 0 Å². The number of nitrogens with zero attached hydrogens (tertiary/aromatic N) is 2. The summed E-state index contributed by atoms with van der Waals surface area (Å²) in [5, 5.41) is 0. The molecule has 14 heavy (non-hydrogen) atoms. The Morgan fingerprint density at radius 3 is 3.07 bits per heavy atom. The summed E-state index contributed by atoms with van der Waals surface area (Å²) in [6, 6.07) is 3.79. The summed E-state index contributed by atoms with van der Waals surface area (Å²) in [5.41, 5.74) is 4.30. The van der Waals surface area contributed by atoms with Crippen LogP contribution in [0.3, 0.4) is 0 Å². The van der Waals surface area contributed by atoms with Crippen LogP contribution in [0, 0.1) is 6.92 Å². The molecule has 0 atom stereocenters. The Morgan fingerprint density at radius 1 is 1.57 bits per heavy atom. The minimum absolute atomic E-state index is 0.344. The number of aryl methyl sites for hydroxylation is 1. The van der Waals surface area contributed by atoms with Crippen LogP contribution < -0.4 is 11.3 Å². The molecule has 0 aliphatic rings. The molecule has 1 amide bonds. The number of nitrogens with two attached hydrogens (primary N) is 1. The van der Waals surface area contributed by atoms with Crippen LogP contribution in [0.25, 0.3) is 5.65 Å². The summed E-state index contributed by atoms with van der Waals surface area (Å²) in [5.74, 6) is 4.71. The number of hydrogen-bond donors (Lipinski definition) is 2. The van der Waals surface area contributed by atoms with Crippen LogP contribution in [0.5, 0.6) is 0 Å². The van der Waals surface area contributed by atoms with E-state index in [0.717, 1.165) is 11.2 Å². The van der Waals surface area contributed by atoms with Gasteiger partial charge in [-0.1, -0.05) is 6.07 Å². The van der Waals surface area contributed by atoms with E-state index in [2.05, 4.69) is 10.4 Å². The molecule has 5 heteroatoms. The number of carbonyl (C=O) groups excluding carboxylic acids is 1. The van der Waals surface area contributed by atoms with Crippen molar-refractivity contribution < 1.29 is 4.79 Å². The molecule has 0 aliphatic heterocycles. The van der Waals surface area contributed by atoms with E-state index in [0.29, 0.717) is 5.69 Å². The Labute approximate surface area is 80.5 Å². The monoisotopic (exact) mass is 190 g/mol. The number of rotatable bonds is 1. The van der Waals surface area contributed by atoms with E-state index in [9.17, 15) is 4.79 Å². The summed E-state index contributed by atoms with van der Waals surface area (Å²) in [6.45, 7) is 1.95. The van der Waals surface area contributed by atoms with Gasteiger partial charge in [0.1, 0.15) is 11.3 Å². The fraction of sp³-hybridized carbons (Fsp3) is 0.111. The predicted octanol–water partition coefficient (Wildman–Crippen LogP) is 0.246. The molecule has 0 aromatic carbocycles. The molecule has 0 saturated heterocycles. The average Bonchev–Trinajstić information content (AvgIpc) is 2.59. The first-order valence-corrected chi connectivity index (χ1v) is 4.17. The van der Waals surface area contributed by atoms with Gasteiger partial charge in [-0.05, 0) is 18.6 Å². The van der Waals surface area contributed by atoms with Gasteiger partial charge in [-0.3, -0.25) is 14.6 Å². The maximum atomic E-state index is 11.3. The van der Waals surface area contributed by atoms with E-state index in [1.807, 2.05) is 25.3 Å². The second-order valence-corrected chi connectivity index (χ2v) is 3.05. The first-order chi connectivity index (χ1) is 6.72. The van der Waals surface area contributed by atoms with E-state index in [1.54, 1.807) is 4.40 Å². The van der Waals surface area contributed by atoms with Crippen LogP contribution in [-0.2, 0) is 0 Å². The molecule has 3 N–H and O–H groups in total. The Morgan fingerprint density at radius 2 is 2.36 bits per heavy atom. The zero-order valence-corrected chi connectivity index (χ0v) is 7.69. The number of carbonyl (C=O) groups is 1. The fourth-order valence-corrected chi connectivity index (χ4v) is 1.33. The van der Waals surface area contributed by atoms with Gasteiger partial charge in [0, 0.05) is 6.20 Å². The number of fused-ring (bicyclic) bond motifs is 1. The molecule has 0 fully saturated rings. The zero-order chi connectivity index (χ0) is 10.1. The second kappa shape index (κ2) is 3.12. The Bertz CT molecular complexity index is 489. The number of amides is 1. The fourth-order valence-electron chi connectivity index (χ4n) is 1.33. The first-order valence-electron chi connectivity index (χ1n) is 4.17. The Balaban J connectivity index is 2.67. The lowest BCUT2D eigenvalue weighted by Gasteiger charge is -2.00. The third-order valence-corrected chi connectivity index (χ3v) is 2.02. The summed E-state index contributed by atoms with van der Waals surface area (Å²) in [4.78, 5) is 15.4. The second-order valence-electron chi connectivity index (χ2n) is 3.05. The van der Waals surface area contributed by atoms with Gasteiger partial charge in [-0.15, -0.1) is 0 Å². The average molecular weight is 190 g/mol. The van der Waals surface area contributed by atoms with E-state index < -0.39 is 0 Å². The molecular formula is C9H10N4O. The highest BCUT2D eigenvalue weighted by Crippen LogP contribution is 2.08. The third-order valence-electron chi connectivity index (χ3n) is 2.02. The maximum absolute atomic E-state index is 11.3. The third kappa shape index (κ3) is 1.23. The molecule has 2 rings (SSSR count). The SMILES string of the molecule is Cc1ccc2ncc(C(=O)NN)n2c1. The molecule has 2 aromatic heterocycles. The van der Waals surface area contributed by atoms with Crippen molar-refractivity contribution in [2.24, 2.45) is 5.84 Å². The van der Waals surface area contributed by atoms with Crippen molar-refractivity contribution >= 4 is 11.6 Å². The maximum Gasteiger partial charge on any atom is 0.283 e. The lowest BCUT2D eigenvalue weighted by molar-refractivity contribution is 0.0948. The number of pyridine rings is 1. The number of hydrazine groups is 1. The smallest absolute Gasteiger partial charge is 0.283 e. The van der Waals surface area contributed by atoms with E-state index in [-0.39, 0.29) is 5.91 Å². The molecule has 0 aliphatic carbocycles. The van der Waals surface area contributed by atoms with Crippen LogP contribution in [-0.4, -0.2) is 15.3 Å². The van der Waals surface area contributed by atoms with Gasteiger partial charge in [-0.25, -0.2) is 10.8 Å². The van der Waals surface area contributed by atoms with Crippen molar-refractivity contribution in [3.8, 4) is 0 Å². The molecule has 0 unspecified atom stereocenters. The Kier molecular flexibility index (Phi) is 1.94. The minimum atomic E-state index is -0.344. The van der Waals surface area contributed by atoms with Crippen LogP contribution in [0.1, 0.15) is 16.1 Å². The van der Waals surface area contributed by atoms with Gasteiger partial charge in [0.25, 0.3) is 5.91 Å². The molecule has 5 nitrogen and oxygen atoms in total. The lowest BCUT2D eigenvalue weighted by atomic mass is 10.3. The van der Waals surface area contributed by atoms with Crippen LogP contribution in [0.2, 0.25) is 0 Å². The predicted molar refractivity (Wildman–Crippen MR) is 51.6 cm³/mol. The largest absolute Gasteiger partial charge is 0.295 e. The number of nitrogens with one attached hydrogen (secondary N) is 1. The van der Waals surface area contributed by atoms with Crippen molar-refractivity contribution in [1.82, 2.24) is 14.8 Å².